The smallest absolute Gasteiger partial charge is 0.252 e. The molecule has 1 aromatic heterocycles. The predicted octanol–water partition coefficient (Wildman–Crippen LogP) is 2.73. The second kappa shape index (κ2) is 7.21. The van der Waals surface area contributed by atoms with Crippen molar-refractivity contribution in [3.05, 3.63) is 35.9 Å². The molecule has 0 bridgehead atoms. The highest BCUT2D eigenvalue weighted by atomic mass is 16.5. The van der Waals surface area contributed by atoms with E-state index in [0.29, 0.717) is 37.2 Å². The first kappa shape index (κ1) is 17.2. The lowest BCUT2D eigenvalue weighted by atomic mass is 9.94. The molecule has 2 aliphatic rings. The lowest BCUT2D eigenvalue weighted by Crippen LogP contribution is -2.44. The fraction of sp³-hybridized carbons (Fsp3) is 0.500. The molecule has 4 rings (SSSR count). The van der Waals surface area contributed by atoms with E-state index in [0.717, 1.165) is 36.6 Å². The number of aromatic nitrogens is 1. The van der Waals surface area contributed by atoms with Gasteiger partial charge in [-0.05, 0) is 25.0 Å². The molecule has 138 valence electrons. The molecule has 2 fully saturated rings. The van der Waals surface area contributed by atoms with E-state index in [1.807, 2.05) is 30.3 Å². The van der Waals surface area contributed by atoms with Gasteiger partial charge < -0.3 is 20.1 Å². The maximum absolute atomic E-state index is 12.7. The van der Waals surface area contributed by atoms with Gasteiger partial charge in [-0.15, -0.1) is 0 Å². The molecule has 26 heavy (non-hydrogen) atoms. The van der Waals surface area contributed by atoms with Gasteiger partial charge in [0.05, 0.1) is 16.7 Å². The molecule has 0 atom stereocenters. The summed E-state index contributed by atoms with van der Waals surface area (Å²) in [6, 6.07) is 9.94. The van der Waals surface area contributed by atoms with Crippen molar-refractivity contribution in [3.8, 4) is 0 Å². The van der Waals surface area contributed by atoms with Gasteiger partial charge in [0.1, 0.15) is 5.82 Å². The Morgan fingerprint density at radius 2 is 2.08 bits per heavy atom. The van der Waals surface area contributed by atoms with Crippen LogP contribution in [0.25, 0.3) is 10.9 Å². The Kier molecular flexibility index (Phi) is 4.78. The number of pyridine rings is 1. The first-order valence-electron chi connectivity index (χ1n) is 9.27. The van der Waals surface area contributed by atoms with Crippen LogP contribution in [0.1, 0.15) is 36.0 Å². The van der Waals surface area contributed by atoms with Gasteiger partial charge in [-0.2, -0.15) is 0 Å². The van der Waals surface area contributed by atoms with E-state index in [2.05, 4.69) is 15.6 Å². The summed E-state index contributed by atoms with van der Waals surface area (Å²) in [6.07, 6.45) is 3.83. The van der Waals surface area contributed by atoms with E-state index >= 15 is 0 Å². The zero-order valence-corrected chi connectivity index (χ0v) is 15.1. The van der Waals surface area contributed by atoms with Crippen molar-refractivity contribution in [2.75, 3.05) is 32.2 Å². The third-order valence-electron chi connectivity index (χ3n) is 5.30. The summed E-state index contributed by atoms with van der Waals surface area (Å²) < 4.78 is 11.2. The minimum atomic E-state index is -0.248. The van der Waals surface area contributed by atoms with Crippen LogP contribution in [-0.4, -0.2) is 49.4 Å². The highest BCUT2D eigenvalue weighted by Gasteiger charge is 2.32. The molecule has 0 spiro atoms. The van der Waals surface area contributed by atoms with Crippen LogP contribution in [0.4, 0.5) is 5.82 Å². The summed E-state index contributed by atoms with van der Waals surface area (Å²) in [5.74, 6) is 0.675. The first-order valence-corrected chi connectivity index (χ1v) is 9.27. The van der Waals surface area contributed by atoms with Gasteiger partial charge in [-0.25, -0.2) is 4.98 Å². The van der Waals surface area contributed by atoms with Gasteiger partial charge in [0.2, 0.25) is 0 Å². The quantitative estimate of drug-likeness (QED) is 0.834. The average Bonchev–Trinajstić information content (AvgIpc) is 3.50. The predicted molar refractivity (Wildman–Crippen MR) is 101 cm³/mol. The third-order valence-corrected chi connectivity index (χ3v) is 5.30. The summed E-state index contributed by atoms with van der Waals surface area (Å²) >= 11 is 0. The molecule has 0 unspecified atom stereocenters. The Bertz CT molecular complexity index is 798. The molecular weight excluding hydrogens is 330 g/mol. The van der Waals surface area contributed by atoms with E-state index in [9.17, 15) is 4.79 Å². The van der Waals surface area contributed by atoms with Crippen LogP contribution in [-0.2, 0) is 9.47 Å². The third kappa shape index (κ3) is 3.66. The summed E-state index contributed by atoms with van der Waals surface area (Å²) in [5.41, 5.74) is 1.24. The van der Waals surface area contributed by atoms with Crippen molar-refractivity contribution < 1.29 is 14.3 Å². The largest absolute Gasteiger partial charge is 0.381 e. The number of methoxy groups -OCH3 is 1. The number of amides is 1. The molecular formula is C20H25N3O3. The molecule has 2 N–H and O–H groups in total. The Balaban J connectivity index is 1.59. The number of hydrogen-bond acceptors (Lipinski definition) is 5. The topological polar surface area (TPSA) is 72.5 Å². The van der Waals surface area contributed by atoms with E-state index in [4.69, 9.17) is 9.47 Å². The number of rotatable bonds is 6. The Hall–Kier alpha value is -2.18. The number of hydrogen-bond donors (Lipinski definition) is 2. The number of fused-ring (bicyclic) bond motifs is 1. The van der Waals surface area contributed by atoms with E-state index < -0.39 is 0 Å². The molecule has 2 aromatic rings. The lowest BCUT2D eigenvalue weighted by molar-refractivity contribution is -0.0807. The second-order valence-electron chi connectivity index (χ2n) is 7.17. The maximum Gasteiger partial charge on any atom is 0.252 e. The fourth-order valence-electron chi connectivity index (χ4n) is 3.39. The number of carbonyl (C=O) groups is 1. The average molecular weight is 355 g/mol. The Labute approximate surface area is 153 Å². The highest BCUT2D eigenvalue weighted by molar-refractivity contribution is 6.07. The molecule has 6 heteroatoms. The standard InChI is InChI=1S/C20H25N3O3/c1-25-20(8-10-26-11-9-20)13-21-18-12-16(19(24)22-14-6-7-14)15-4-2-3-5-17(15)23-18/h2-5,12,14H,6-11,13H2,1H3,(H,21,23)(H,22,24). The number of anilines is 1. The number of nitrogens with zero attached hydrogens (tertiary/aromatic N) is 1. The van der Waals surface area contributed by atoms with Gasteiger partial charge >= 0.3 is 0 Å². The monoisotopic (exact) mass is 355 g/mol. The Morgan fingerprint density at radius 3 is 2.81 bits per heavy atom. The SMILES string of the molecule is COC1(CNc2cc(C(=O)NC3CC3)c3ccccc3n2)CCOCC1. The molecule has 1 aliphatic heterocycles. The van der Waals surface area contributed by atoms with Crippen molar-refractivity contribution in [2.45, 2.75) is 37.3 Å². The zero-order valence-electron chi connectivity index (χ0n) is 15.1. The van der Waals surface area contributed by atoms with Crippen LogP contribution in [0.5, 0.6) is 0 Å². The van der Waals surface area contributed by atoms with Crippen LogP contribution >= 0.6 is 0 Å². The van der Waals surface area contributed by atoms with Crippen molar-refractivity contribution in [1.29, 1.82) is 0 Å². The lowest BCUT2D eigenvalue weighted by Gasteiger charge is -2.36. The van der Waals surface area contributed by atoms with Crippen LogP contribution < -0.4 is 10.6 Å². The van der Waals surface area contributed by atoms with Crippen molar-refractivity contribution in [2.24, 2.45) is 0 Å². The van der Waals surface area contributed by atoms with Crippen LogP contribution in [0.3, 0.4) is 0 Å². The van der Waals surface area contributed by atoms with E-state index in [-0.39, 0.29) is 11.5 Å². The first-order chi connectivity index (χ1) is 12.7. The molecule has 1 saturated heterocycles. The summed E-state index contributed by atoms with van der Waals surface area (Å²) in [7, 11) is 1.75. The van der Waals surface area contributed by atoms with E-state index in [1.165, 1.54) is 0 Å². The number of nitrogens with one attached hydrogen (secondary N) is 2. The fourth-order valence-corrected chi connectivity index (χ4v) is 3.39. The highest BCUT2D eigenvalue weighted by Crippen LogP contribution is 2.27. The normalized spacial score (nSPS) is 19.3. The number of ether oxygens (including phenoxy) is 2. The number of carbonyl (C=O) groups excluding carboxylic acids is 1. The summed E-state index contributed by atoms with van der Waals surface area (Å²) in [6.45, 7) is 2.05. The Morgan fingerprint density at radius 1 is 1.31 bits per heavy atom. The molecule has 1 aromatic carbocycles. The number of para-hydroxylation sites is 1. The number of benzene rings is 1. The zero-order chi connectivity index (χ0) is 18.0. The van der Waals surface area contributed by atoms with Gasteiger partial charge in [-0.1, -0.05) is 18.2 Å². The molecule has 1 aliphatic carbocycles. The van der Waals surface area contributed by atoms with E-state index in [1.54, 1.807) is 7.11 Å². The molecule has 0 radical (unpaired) electrons. The van der Waals surface area contributed by atoms with Crippen LogP contribution in [0.2, 0.25) is 0 Å². The molecule has 2 heterocycles. The minimum Gasteiger partial charge on any atom is -0.381 e. The van der Waals surface area contributed by atoms with Gasteiger partial charge in [-0.3, -0.25) is 4.79 Å². The van der Waals surface area contributed by atoms with Gasteiger partial charge in [0.25, 0.3) is 5.91 Å². The molecule has 1 saturated carbocycles. The van der Waals surface area contributed by atoms with Gasteiger partial charge in [0, 0.05) is 51.1 Å². The van der Waals surface area contributed by atoms with Crippen molar-refractivity contribution in [1.82, 2.24) is 10.3 Å². The maximum atomic E-state index is 12.7. The van der Waals surface area contributed by atoms with Crippen LogP contribution in [0.15, 0.2) is 30.3 Å². The van der Waals surface area contributed by atoms with Crippen LogP contribution in [0, 0.1) is 0 Å². The molecule has 1 amide bonds. The second-order valence-corrected chi connectivity index (χ2v) is 7.17. The van der Waals surface area contributed by atoms with Crippen molar-refractivity contribution >= 4 is 22.6 Å². The van der Waals surface area contributed by atoms with Gasteiger partial charge in [0.15, 0.2) is 0 Å². The summed E-state index contributed by atoms with van der Waals surface area (Å²) in [5, 5.41) is 7.35. The van der Waals surface area contributed by atoms with Crippen molar-refractivity contribution in [3.63, 3.8) is 0 Å². The summed E-state index contributed by atoms with van der Waals surface area (Å²) in [4.78, 5) is 17.4. The molecule has 6 nitrogen and oxygen atoms in total. The minimum absolute atomic E-state index is 0.0262.